The van der Waals surface area contributed by atoms with Crippen LogP contribution in [-0.4, -0.2) is 13.2 Å². The fourth-order valence-electron chi connectivity index (χ4n) is 1.22. The van der Waals surface area contributed by atoms with Crippen molar-refractivity contribution in [1.29, 1.82) is 0 Å². The molecule has 1 aromatic rings. The molecule has 0 spiro atoms. The summed E-state index contributed by atoms with van der Waals surface area (Å²) in [7, 11) is 0. The van der Waals surface area contributed by atoms with Crippen LogP contribution in [0.3, 0.4) is 0 Å². The molecule has 0 aliphatic carbocycles. The maximum absolute atomic E-state index is 6.23. The zero-order chi connectivity index (χ0) is 9.47. The zero-order valence-corrected chi connectivity index (χ0v) is 8.96. The lowest BCUT2D eigenvalue weighted by atomic mass is 9.97. The van der Waals surface area contributed by atoms with Crippen molar-refractivity contribution in [3.05, 3.63) is 33.8 Å². The smallest absolute Gasteiger partial charge is 0.116 e. The molecule has 0 unspecified atom stereocenters. The molecule has 1 aromatic carbocycles. The van der Waals surface area contributed by atoms with E-state index in [0.717, 1.165) is 5.56 Å². The average molecular weight is 238 g/mol. The lowest BCUT2D eigenvalue weighted by Crippen LogP contribution is -2.41. The van der Waals surface area contributed by atoms with Gasteiger partial charge in [-0.1, -0.05) is 29.3 Å². The molecule has 1 aliphatic heterocycles. The van der Waals surface area contributed by atoms with Gasteiger partial charge in [0.25, 0.3) is 0 Å². The third kappa shape index (κ3) is 1.66. The van der Waals surface area contributed by atoms with E-state index in [1.807, 2.05) is 6.07 Å². The molecular formula is C9H7Cl3O. The van der Waals surface area contributed by atoms with Crippen molar-refractivity contribution in [2.45, 2.75) is 4.87 Å². The number of hydrogen-bond acceptors (Lipinski definition) is 1. The second-order valence-corrected chi connectivity index (χ2v) is 4.62. The van der Waals surface area contributed by atoms with Gasteiger partial charge in [0.2, 0.25) is 0 Å². The number of benzene rings is 1. The summed E-state index contributed by atoms with van der Waals surface area (Å²) in [5, 5.41) is 1.08. The second-order valence-electron chi connectivity index (χ2n) is 3.09. The molecule has 0 N–H and O–H groups in total. The number of rotatable bonds is 1. The van der Waals surface area contributed by atoms with Crippen molar-refractivity contribution >= 4 is 34.8 Å². The standard InChI is InChI=1S/C9H7Cl3O/c10-7-2-1-6(3-8(7)11)9(12)4-13-5-9/h1-3H,4-5H2. The van der Waals surface area contributed by atoms with E-state index >= 15 is 0 Å². The van der Waals surface area contributed by atoms with E-state index in [1.165, 1.54) is 0 Å². The first-order valence-electron chi connectivity index (χ1n) is 3.84. The SMILES string of the molecule is Clc1ccc(C2(Cl)COC2)cc1Cl. The minimum atomic E-state index is -0.395. The van der Waals surface area contributed by atoms with Gasteiger partial charge in [-0.3, -0.25) is 0 Å². The van der Waals surface area contributed by atoms with E-state index < -0.39 is 4.87 Å². The monoisotopic (exact) mass is 236 g/mol. The van der Waals surface area contributed by atoms with Crippen LogP contribution in [0, 0.1) is 0 Å². The van der Waals surface area contributed by atoms with Crippen LogP contribution in [0.4, 0.5) is 0 Å². The van der Waals surface area contributed by atoms with E-state index in [1.54, 1.807) is 12.1 Å². The predicted octanol–water partition coefficient (Wildman–Crippen LogP) is 3.46. The van der Waals surface area contributed by atoms with Gasteiger partial charge in [0.15, 0.2) is 0 Å². The Kier molecular flexibility index (Phi) is 2.45. The molecule has 0 atom stereocenters. The minimum Gasteiger partial charge on any atom is -0.377 e. The Morgan fingerprint density at radius 3 is 2.31 bits per heavy atom. The average Bonchev–Trinajstić information content (AvgIpc) is 2.06. The molecular weight excluding hydrogens is 230 g/mol. The highest BCUT2D eigenvalue weighted by atomic mass is 35.5. The number of halogens is 3. The molecule has 13 heavy (non-hydrogen) atoms. The quantitative estimate of drug-likeness (QED) is 0.680. The molecule has 2 rings (SSSR count). The van der Waals surface area contributed by atoms with Gasteiger partial charge in [-0.05, 0) is 17.7 Å². The summed E-state index contributed by atoms with van der Waals surface area (Å²) in [6.45, 7) is 1.07. The summed E-state index contributed by atoms with van der Waals surface area (Å²) in [6, 6.07) is 5.42. The van der Waals surface area contributed by atoms with Crippen LogP contribution in [0.1, 0.15) is 5.56 Å². The molecule has 0 saturated carbocycles. The lowest BCUT2D eigenvalue weighted by molar-refractivity contribution is -0.0152. The van der Waals surface area contributed by atoms with Crippen LogP contribution in [0.5, 0.6) is 0 Å². The fraction of sp³-hybridized carbons (Fsp3) is 0.333. The van der Waals surface area contributed by atoms with Gasteiger partial charge in [0, 0.05) is 0 Å². The van der Waals surface area contributed by atoms with Gasteiger partial charge in [0.05, 0.1) is 23.3 Å². The van der Waals surface area contributed by atoms with E-state index in [0.29, 0.717) is 23.3 Å². The van der Waals surface area contributed by atoms with Gasteiger partial charge in [-0.2, -0.15) is 0 Å². The van der Waals surface area contributed by atoms with Crippen LogP contribution < -0.4 is 0 Å². The number of ether oxygens (including phenoxy) is 1. The van der Waals surface area contributed by atoms with E-state index in [2.05, 4.69) is 0 Å². The lowest BCUT2D eigenvalue weighted by Gasteiger charge is -2.36. The van der Waals surface area contributed by atoms with Gasteiger partial charge < -0.3 is 4.74 Å². The van der Waals surface area contributed by atoms with Gasteiger partial charge >= 0.3 is 0 Å². The van der Waals surface area contributed by atoms with Crippen LogP contribution in [-0.2, 0) is 9.61 Å². The molecule has 0 amide bonds. The first-order valence-corrected chi connectivity index (χ1v) is 4.97. The first-order chi connectivity index (χ1) is 6.12. The molecule has 1 fully saturated rings. The second kappa shape index (κ2) is 3.32. The van der Waals surface area contributed by atoms with Gasteiger partial charge in [-0.15, -0.1) is 11.6 Å². The number of alkyl halides is 1. The predicted molar refractivity (Wildman–Crippen MR) is 54.8 cm³/mol. The normalized spacial score (nSPS) is 19.6. The Balaban J connectivity index is 2.36. The summed E-state index contributed by atoms with van der Waals surface area (Å²) in [6.07, 6.45) is 0. The van der Waals surface area contributed by atoms with Crippen molar-refractivity contribution in [2.75, 3.05) is 13.2 Å². The van der Waals surface area contributed by atoms with E-state index in [9.17, 15) is 0 Å². The van der Waals surface area contributed by atoms with Gasteiger partial charge in [-0.25, -0.2) is 0 Å². The summed E-state index contributed by atoms with van der Waals surface area (Å²) < 4.78 is 5.05. The highest BCUT2D eigenvalue weighted by Crippen LogP contribution is 2.38. The first kappa shape index (κ1) is 9.60. The summed E-state index contributed by atoms with van der Waals surface area (Å²) in [5.74, 6) is 0. The molecule has 0 bridgehead atoms. The van der Waals surface area contributed by atoms with Crippen molar-refractivity contribution in [1.82, 2.24) is 0 Å². The molecule has 0 aromatic heterocycles. The fourth-order valence-corrected chi connectivity index (χ4v) is 1.79. The topological polar surface area (TPSA) is 9.23 Å². The summed E-state index contributed by atoms with van der Waals surface area (Å²) >= 11 is 17.9. The summed E-state index contributed by atoms with van der Waals surface area (Å²) in [4.78, 5) is -0.395. The third-order valence-electron chi connectivity index (χ3n) is 2.10. The third-order valence-corrected chi connectivity index (χ3v) is 3.27. The summed E-state index contributed by atoms with van der Waals surface area (Å²) in [5.41, 5.74) is 0.967. The van der Waals surface area contributed by atoms with Crippen LogP contribution in [0.15, 0.2) is 18.2 Å². The van der Waals surface area contributed by atoms with Crippen LogP contribution in [0.2, 0.25) is 10.0 Å². The molecule has 70 valence electrons. The highest BCUT2D eigenvalue weighted by molar-refractivity contribution is 6.42. The Hall–Kier alpha value is 0.0500. The molecule has 4 heteroatoms. The Morgan fingerprint density at radius 1 is 1.15 bits per heavy atom. The van der Waals surface area contributed by atoms with E-state index in [4.69, 9.17) is 39.5 Å². The maximum atomic E-state index is 6.23. The number of hydrogen-bond donors (Lipinski definition) is 0. The van der Waals surface area contributed by atoms with Crippen molar-refractivity contribution in [2.24, 2.45) is 0 Å². The zero-order valence-electron chi connectivity index (χ0n) is 6.69. The maximum Gasteiger partial charge on any atom is 0.116 e. The molecule has 0 radical (unpaired) electrons. The molecule has 1 aliphatic rings. The van der Waals surface area contributed by atoms with Crippen molar-refractivity contribution in [3.8, 4) is 0 Å². The van der Waals surface area contributed by atoms with Gasteiger partial charge in [0.1, 0.15) is 4.87 Å². The largest absolute Gasteiger partial charge is 0.377 e. The Bertz CT molecular complexity index is 334. The highest BCUT2D eigenvalue weighted by Gasteiger charge is 2.38. The van der Waals surface area contributed by atoms with Crippen LogP contribution >= 0.6 is 34.8 Å². The van der Waals surface area contributed by atoms with Crippen molar-refractivity contribution < 1.29 is 4.74 Å². The van der Waals surface area contributed by atoms with Crippen LogP contribution in [0.25, 0.3) is 0 Å². The Morgan fingerprint density at radius 2 is 1.85 bits per heavy atom. The molecule has 1 nitrogen and oxygen atoms in total. The Labute approximate surface area is 91.5 Å². The van der Waals surface area contributed by atoms with E-state index in [-0.39, 0.29) is 0 Å². The van der Waals surface area contributed by atoms with Crippen molar-refractivity contribution in [3.63, 3.8) is 0 Å². The molecule has 1 saturated heterocycles. The molecule has 1 heterocycles. The minimum absolute atomic E-state index is 0.395.